The van der Waals surface area contributed by atoms with Crippen LogP contribution in [0.25, 0.3) is 5.69 Å². The number of hydrogen-bond donors (Lipinski definition) is 1. The van der Waals surface area contributed by atoms with E-state index >= 15 is 0 Å². The van der Waals surface area contributed by atoms with Gasteiger partial charge in [0, 0.05) is 21.6 Å². The number of nitrogens with zero attached hydrogens (tertiary/aromatic N) is 4. The molecule has 1 aliphatic rings. The van der Waals surface area contributed by atoms with Crippen molar-refractivity contribution in [2.45, 2.75) is 30.3 Å². The molecular formula is C26H23BrClN5O3S. The van der Waals surface area contributed by atoms with Crippen LogP contribution in [0.15, 0.2) is 88.4 Å². The highest BCUT2D eigenvalue weighted by Crippen LogP contribution is 2.37. The fourth-order valence-corrected chi connectivity index (χ4v) is 6.23. The first-order chi connectivity index (χ1) is 17.8. The molecule has 3 aromatic carbocycles. The first kappa shape index (κ1) is 25.6. The van der Waals surface area contributed by atoms with E-state index in [1.165, 1.54) is 16.8 Å². The van der Waals surface area contributed by atoms with Crippen LogP contribution in [0.3, 0.4) is 0 Å². The van der Waals surface area contributed by atoms with E-state index in [1.807, 2.05) is 29.2 Å². The standard InChI is InChI=1S/C26H23BrClN5O3S/c27-19-11-12-23(24(28)15-19)25-10-5-13-32(25)26(34)18-6-4-7-21(14-18)33-17-20(30-31-33)16-29-37(35,36)22-8-2-1-3-9-22/h1-4,6-9,11-12,14-15,17,25,29H,5,10,13,16H2. The summed E-state index contributed by atoms with van der Waals surface area (Å²) in [5, 5.41) is 8.84. The molecule has 190 valence electrons. The summed E-state index contributed by atoms with van der Waals surface area (Å²) in [6.45, 7) is 0.633. The second kappa shape index (κ2) is 10.7. The van der Waals surface area contributed by atoms with Gasteiger partial charge >= 0.3 is 0 Å². The molecule has 1 aromatic heterocycles. The predicted octanol–water partition coefficient (Wildman–Crippen LogP) is 5.14. The van der Waals surface area contributed by atoms with Gasteiger partial charge < -0.3 is 4.90 Å². The number of halogens is 2. The number of nitrogens with one attached hydrogen (secondary N) is 1. The van der Waals surface area contributed by atoms with E-state index in [1.54, 1.807) is 42.6 Å². The molecule has 1 fully saturated rings. The molecule has 1 saturated heterocycles. The molecule has 0 radical (unpaired) electrons. The molecule has 0 bridgehead atoms. The normalized spacial score (nSPS) is 15.7. The molecule has 1 atom stereocenters. The molecular weight excluding hydrogens is 578 g/mol. The summed E-state index contributed by atoms with van der Waals surface area (Å²) in [6.07, 6.45) is 3.38. The van der Waals surface area contributed by atoms with Gasteiger partial charge in [-0.05, 0) is 60.9 Å². The van der Waals surface area contributed by atoms with Crippen molar-refractivity contribution in [2.24, 2.45) is 0 Å². The average molecular weight is 601 g/mol. The smallest absolute Gasteiger partial charge is 0.254 e. The highest BCUT2D eigenvalue weighted by molar-refractivity contribution is 9.10. The van der Waals surface area contributed by atoms with Gasteiger partial charge in [0.15, 0.2) is 0 Å². The SMILES string of the molecule is O=C(c1cccc(-n2cc(CNS(=O)(=O)c3ccccc3)nn2)c1)N1CCCC1c1ccc(Br)cc1Cl. The van der Waals surface area contributed by atoms with Gasteiger partial charge in [0.25, 0.3) is 5.91 Å². The van der Waals surface area contributed by atoms with E-state index in [-0.39, 0.29) is 23.4 Å². The van der Waals surface area contributed by atoms with Crippen LogP contribution in [-0.2, 0) is 16.6 Å². The number of amides is 1. The van der Waals surface area contributed by atoms with Crippen LogP contribution in [0.2, 0.25) is 5.02 Å². The molecule has 37 heavy (non-hydrogen) atoms. The summed E-state index contributed by atoms with van der Waals surface area (Å²) in [5.74, 6) is -0.0840. The third kappa shape index (κ3) is 5.62. The minimum Gasteiger partial charge on any atom is -0.332 e. The van der Waals surface area contributed by atoms with Gasteiger partial charge in [-0.2, -0.15) is 0 Å². The van der Waals surface area contributed by atoms with E-state index < -0.39 is 10.0 Å². The molecule has 0 saturated carbocycles. The number of likely N-dealkylation sites (tertiary alicyclic amines) is 1. The lowest BCUT2D eigenvalue weighted by molar-refractivity contribution is 0.0735. The Morgan fingerprint density at radius 3 is 2.68 bits per heavy atom. The third-order valence-electron chi connectivity index (χ3n) is 6.23. The number of carbonyl (C=O) groups is 1. The third-order valence-corrected chi connectivity index (χ3v) is 8.47. The van der Waals surface area contributed by atoms with Crippen LogP contribution in [0.4, 0.5) is 0 Å². The zero-order chi connectivity index (χ0) is 26.0. The van der Waals surface area contributed by atoms with Crippen molar-refractivity contribution in [3.8, 4) is 5.69 Å². The first-order valence-electron chi connectivity index (χ1n) is 11.6. The van der Waals surface area contributed by atoms with Crippen LogP contribution >= 0.6 is 27.5 Å². The summed E-state index contributed by atoms with van der Waals surface area (Å²) in [7, 11) is -3.66. The molecule has 1 aliphatic heterocycles. The Labute approximate surface area is 228 Å². The van der Waals surface area contributed by atoms with Gasteiger partial charge in [0.1, 0.15) is 0 Å². The van der Waals surface area contributed by atoms with Crippen molar-refractivity contribution in [3.05, 3.63) is 105 Å². The van der Waals surface area contributed by atoms with Crippen molar-refractivity contribution in [2.75, 3.05) is 6.54 Å². The van der Waals surface area contributed by atoms with E-state index in [9.17, 15) is 13.2 Å². The quantitative estimate of drug-likeness (QED) is 0.317. The number of sulfonamides is 1. The Balaban J connectivity index is 1.31. The number of hydrogen-bond acceptors (Lipinski definition) is 5. The van der Waals surface area contributed by atoms with Gasteiger partial charge in [0.2, 0.25) is 10.0 Å². The second-order valence-electron chi connectivity index (χ2n) is 8.66. The molecule has 4 aromatic rings. The van der Waals surface area contributed by atoms with Crippen molar-refractivity contribution < 1.29 is 13.2 Å². The molecule has 1 unspecified atom stereocenters. The van der Waals surface area contributed by atoms with Crippen molar-refractivity contribution in [3.63, 3.8) is 0 Å². The first-order valence-corrected chi connectivity index (χ1v) is 14.3. The van der Waals surface area contributed by atoms with Crippen LogP contribution in [0, 0.1) is 0 Å². The van der Waals surface area contributed by atoms with Crippen LogP contribution in [0.5, 0.6) is 0 Å². The molecule has 8 nitrogen and oxygen atoms in total. The number of benzene rings is 3. The van der Waals surface area contributed by atoms with Crippen LogP contribution < -0.4 is 4.72 Å². The highest BCUT2D eigenvalue weighted by Gasteiger charge is 2.32. The minimum absolute atomic E-state index is 0.0146. The van der Waals surface area contributed by atoms with Gasteiger partial charge in [-0.25, -0.2) is 17.8 Å². The lowest BCUT2D eigenvalue weighted by Crippen LogP contribution is -2.30. The highest BCUT2D eigenvalue weighted by atomic mass is 79.9. The Kier molecular flexibility index (Phi) is 7.43. The molecule has 2 heterocycles. The summed E-state index contributed by atoms with van der Waals surface area (Å²) in [6, 6.07) is 20.9. The van der Waals surface area contributed by atoms with Crippen molar-refractivity contribution in [1.29, 1.82) is 0 Å². The van der Waals surface area contributed by atoms with Crippen molar-refractivity contribution in [1.82, 2.24) is 24.6 Å². The Hall–Kier alpha value is -3.05. The molecule has 0 aliphatic carbocycles. The maximum atomic E-state index is 13.5. The van der Waals surface area contributed by atoms with Crippen LogP contribution in [-0.4, -0.2) is 40.8 Å². The topological polar surface area (TPSA) is 97.2 Å². The number of aromatic nitrogens is 3. The summed E-state index contributed by atoms with van der Waals surface area (Å²) >= 11 is 9.93. The zero-order valence-corrected chi connectivity index (χ0v) is 22.7. The molecule has 0 spiro atoms. The number of rotatable bonds is 7. The van der Waals surface area contributed by atoms with Gasteiger partial charge in [0.05, 0.1) is 35.1 Å². The summed E-state index contributed by atoms with van der Waals surface area (Å²) < 4.78 is 29.9. The fourth-order valence-electron chi connectivity index (χ4n) is 4.41. The lowest BCUT2D eigenvalue weighted by atomic mass is 10.0. The molecule has 5 rings (SSSR count). The molecule has 1 amide bonds. The summed E-state index contributed by atoms with van der Waals surface area (Å²) in [4.78, 5) is 15.5. The van der Waals surface area contributed by atoms with E-state index in [0.717, 1.165) is 22.9 Å². The average Bonchev–Trinajstić information content (AvgIpc) is 3.58. The largest absolute Gasteiger partial charge is 0.332 e. The maximum Gasteiger partial charge on any atom is 0.254 e. The van der Waals surface area contributed by atoms with Crippen LogP contribution in [0.1, 0.15) is 40.5 Å². The lowest BCUT2D eigenvalue weighted by Gasteiger charge is -2.26. The van der Waals surface area contributed by atoms with E-state index in [2.05, 4.69) is 31.0 Å². The maximum absolute atomic E-state index is 13.5. The Morgan fingerprint density at radius 2 is 1.89 bits per heavy atom. The monoisotopic (exact) mass is 599 g/mol. The number of carbonyl (C=O) groups excluding carboxylic acids is 1. The minimum atomic E-state index is -3.66. The van der Waals surface area contributed by atoms with E-state index in [0.29, 0.717) is 28.5 Å². The van der Waals surface area contributed by atoms with Gasteiger partial charge in [-0.15, -0.1) is 5.10 Å². The van der Waals surface area contributed by atoms with Gasteiger partial charge in [-0.1, -0.05) is 63.1 Å². The second-order valence-corrected chi connectivity index (χ2v) is 11.8. The molecule has 1 N–H and O–H groups in total. The Bertz CT molecular complexity index is 1540. The molecule has 11 heteroatoms. The fraction of sp³-hybridized carbons (Fsp3) is 0.192. The zero-order valence-electron chi connectivity index (χ0n) is 19.6. The van der Waals surface area contributed by atoms with E-state index in [4.69, 9.17) is 11.6 Å². The summed E-state index contributed by atoms with van der Waals surface area (Å²) in [5.41, 5.74) is 2.55. The predicted molar refractivity (Wildman–Crippen MR) is 144 cm³/mol. The Morgan fingerprint density at radius 1 is 1.08 bits per heavy atom. The van der Waals surface area contributed by atoms with Gasteiger partial charge in [-0.3, -0.25) is 4.79 Å². The van der Waals surface area contributed by atoms with Crippen molar-refractivity contribution >= 4 is 43.5 Å².